The van der Waals surface area contributed by atoms with Crippen LogP contribution in [0.2, 0.25) is 0 Å². The summed E-state index contributed by atoms with van der Waals surface area (Å²) in [5.74, 6) is 0.830. The molecule has 1 fully saturated rings. The Bertz CT molecular complexity index is 695. The van der Waals surface area contributed by atoms with Crippen molar-refractivity contribution in [3.8, 4) is 0 Å². The van der Waals surface area contributed by atoms with Crippen molar-refractivity contribution in [3.05, 3.63) is 52.9 Å². The van der Waals surface area contributed by atoms with Crippen molar-refractivity contribution in [1.29, 1.82) is 0 Å². The third-order valence-electron chi connectivity index (χ3n) is 4.78. The Labute approximate surface area is 154 Å². The lowest BCUT2D eigenvalue weighted by Gasteiger charge is -2.33. The molecule has 1 aliphatic heterocycles. The number of morpholine rings is 1. The van der Waals surface area contributed by atoms with Gasteiger partial charge < -0.3 is 14.6 Å². The van der Waals surface area contributed by atoms with E-state index >= 15 is 0 Å². The number of nitrogens with zero attached hydrogens (tertiary/aromatic N) is 2. The molecule has 6 heteroatoms. The first-order chi connectivity index (χ1) is 12.6. The van der Waals surface area contributed by atoms with Gasteiger partial charge in [0.15, 0.2) is 0 Å². The molecule has 1 atom stereocenters. The third kappa shape index (κ3) is 5.16. The molecule has 0 saturated carbocycles. The molecule has 0 bridgehead atoms. The van der Waals surface area contributed by atoms with E-state index in [1.165, 1.54) is 5.56 Å². The maximum Gasteiger partial charge on any atom is 0.220 e. The average Bonchev–Trinajstić information content (AvgIpc) is 2.97. The lowest BCUT2D eigenvalue weighted by Crippen LogP contribution is -2.47. The first-order valence-corrected chi connectivity index (χ1v) is 9.18. The minimum absolute atomic E-state index is 0.0359. The molecule has 1 aliphatic rings. The lowest BCUT2D eigenvalue weighted by atomic mass is 10.1. The first-order valence-electron chi connectivity index (χ1n) is 9.18. The van der Waals surface area contributed by atoms with E-state index in [9.17, 15) is 4.79 Å². The van der Waals surface area contributed by atoms with E-state index in [-0.39, 0.29) is 12.0 Å². The van der Waals surface area contributed by atoms with Crippen molar-refractivity contribution < 1.29 is 14.1 Å². The molecule has 3 rings (SSSR count). The summed E-state index contributed by atoms with van der Waals surface area (Å²) in [5.41, 5.74) is 3.20. The van der Waals surface area contributed by atoms with Gasteiger partial charge in [0.05, 0.1) is 18.4 Å². The second kappa shape index (κ2) is 8.96. The van der Waals surface area contributed by atoms with Crippen LogP contribution in [0.5, 0.6) is 0 Å². The van der Waals surface area contributed by atoms with Gasteiger partial charge in [-0.15, -0.1) is 0 Å². The van der Waals surface area contributed by atoms with E-state index in [4.69, 9.17) is 9.26 Å². The van der Waals surface area contributed by atoms with E-state index in [2.05, 4.69) is 39.6 Å². The molecule has 1 aromatic carbocycles. The van der Waals surface area contributed by atoms with Crippen LogP contribution >= 0.6 is 0 Å². The molecule has 140 valence electrons. The number of aromatic nitrogens is 1. The molecule has 1 unspecified atom stereocenters. The first kappa shape index (κ1) is 18.6. The Morgan fingerprint density at radius 1 is 1.31 bits per heavy atom. The maximum atomic E-state index is 12.1. The zero-order chi connectivity index (χ0) is 18.4. The minimum atomic E-state index is 0.0359. The highest BCUT2D eigenvalue weighted by Crippen LogP contribution is 2.14. The lowest BCUT2D eigenvalue weighted by molar-refractivity contribution is -0.122. The van der Waals surface area contributed by atoms with Gasteiger partial charge in [0.2, 0.25) is 5.91 Å². The number of hydrogen-bond acceptors (Lipinski definition) is 5. The quantitative estimate of drug-likeness (QED) is 0.823. The Kier molecular flexibility index (Phi) is 6.41. The van der Waals surface area contributed by atoms with Gasteiger partial charge >= 0.3 is 0 Å². The van der Waals surface area contributed by atoms with Crippen molar-refractivity contribution in [2.45, 2.75) is 39.3 Å². The predicted octanol–water partition coefficient (Wildman–Crippen LogP) is 2.24. The van der Waals surface area contributed by atoms with Crippen molar-refractivity contribution in [2.24, 2.45) is 0 Å². The van der Waals surface area contributed by atoms with Gasteiger partial charge in [-0.25, -0.2) is 0 Å². The highest BCUT2D eigenvalue weighted by atomic mass is 16.5. The fraction of sp³-hybridized carbons (Fsp3) is 0.500. The fourth-order valence-electron chi connectivity index (χ4n) is 3.30. The van der Waals surface area contributed by atoms with Crippen LogP contribution in [0.4, 0.5) is 0 Å². The Morgan fingerprint density at radius 2 is 2.12 bits per heavy atom. The largest absolute Gasteiger partial charge is 0.374 e. The predicted molar refractivity (Wildman–Crippen MR) is 98.8 cm³/mol. The standard InChI is InChI=1S/C20H27N3O3/c1-15-19(16(2)26-22-15)8-9-20(24)21-12-18-14-23(10-11-25-18)13-17-6-4-3-5-7-17/h3-7,18H,8-14H2,1-2H3,(H,21,24). The van der Waals surface area contributed by atoms with E-state index < -0.39 is 0 Å². The molecule has 0 spiro atoms. The topological polar surface area (TPSA) is 67.6 Å². The van der Waals surface area contributed by atoms with Crippen LogP contribution in [0.1, 0.15) is 29.0 Å². The Balaban J connectivity index is 1.40. The Hall–Kier alpha value is -2.18. The Morgan fingerprint density at radius 3 is 2.85 bits per heavy atom. The summed E-state index contributed by atoms with van der Waals surface area (Å²) in [4.78, 5) is 14.5. The number of amides is 1. The molecular weight excluding hydrogens is 330 g/mol. The summed E-state index contributed by atoms with van der Waals surface area (Å²) in [6.07, 6.45) is 1.12. The zero-order valence-corrected chi connectivity index (χ0v) is 15.5. The SMILES string of the molecule is Cc1noc(C)c1CCC(=O)NCC1CN(Cc2ccccc2)CCO1. The summed E-state index contributed by atoms with van der Waals surface area (Å²) in [6, 6.07) is 10.4. The van der Waals surface area contributed by atoms with Crippen LogP contribution in [0, 0.1) is 13.8 Å². The molecule has 1 saturated heterocycles. The van der Waals surface area contributed by atoms with Crippen LogP contribution < -0.4 is 5.32 Å². The number of rotatable bonds is 7. The van der Waals surface area contributed by atoms with Crippen molar-refractivity contribution in [2.75, 3.05) is 26.2 Å². The van der Waals surface area contributed by atoms with E-state index in [0.717, 1.165) is 36.7 Å². The van der Waals surface area contributed by atoms with Gasteiger partial charge in [-0.2, -0.15) is 0 Å². The van der Waals surface area contributed by atoms with Gasteiger partial charge in [0, 0.05) is 38.2 Å². The van der Waals surface area contributed by atoms with Crippen molar-refractivity contribution in [1.82, 2.24) is 15.4 Å². The summed E-state index contributed by atoms with van der Waals surface area (Å²) in [6.45, 7) is 7.70. The highest BCUT2D eigenvalue weighted by molar-refractivity contribution is 5.76. The van der Waals surface area contributed by atoms with Gasteiger partial charge in [0.1, 0.15) is 5.76 Å². The van der Waals surface area contributed by atoms with E-state index in [1.54, 1.807) is 0 Å². The fourth-order valence-corrected chi connectivity index (χ4v) is 3.30. The van der Waals surface area contributed by atoms with Crippen LogP contribution in [-0.4, -0.2) is 48.3 Å². The molecule has 0 radical (unpaired) electrons. The summed E-state index contributed by atoms with van der Waals surface area (Å²) < 4.78 is 10.9. The van der Waals surface area contributed by atoms with Gasteiger partial charge in [-0.3, -0.25) is 9.69 Å². The smallest absolute Gasteiger partial charge is 0.220 e. The van der Waals surface area contributed by atoms with Gasteiger partial charge in [-0.05, 0) is 25.8 Å². The average molecular weight is 357 g/mol. The van der Waals surface area contributed by atoms with Crippen LogP contribution in [0.15, 0.2) is 34.9 Å². The maximum absolute atomic E-state index is 12.1. The van der Waals surface area contributed by atoms with Crippen LogP contribution in [-0.2, 0) is 22.5 Å². The number of benzene rings is 1. The molecule has 6 nitrogen and oxygen atoms in total. The van der Waals surface area contributed by atoms with Crippen LogP contribution in [0.25, 0.3) is 0 Å². The molecule has 2 heterocycles. The number of hydrogen-bond donors (Lipinski definition) is 1. The summed E-state index contributed by atoms with van der Waals surface area (Å²) >= 11 is 0. The van der Waals surface area contributed by atoms with Gasteiger partial charge in [-0.1, -0.05) is 35.5 Å². The summed E-state index contributed by atoms with van der Waals surface area (Å²) in [7, 11) is 0. The van der Waals surface area contributed by atoms with Crippen molar-refractivity contribution in [3.63, 3.8) is 0 Å². The number of carbonyl (C=O) groups excluding carboxylic acids is 1. The molecule has 2 aromatic rings. The number of ether oxygens (including phenoxy) is 1. The zero-order valence-electron chi connectivity index (χ0n) is 15.5. The molecule has 1 amide bonds. The van der Waals surface area contributed by atoms with Crippen molar-refractivity contribution >= 4 is 5.91 Å². The molecule has 0 aliphatic carbocycles. The minimum Gasteiger partial charge on any atom is -0.374 e. The normalized spacial score (nSPS) is 18.0. The highest BCUT2D eigenvalue weighted by Gasteiger charge is 2.21. The second-order valence-electron chi connectivity index (χ2n) is 6.82. The number of aryl methyl sites for hydroxylation is 2. The van der Waals surface area contributed by atoms with E-state index in [1.807, 2.05) is 19.9 Å². The molecule has 26 heavy (non-hydrogen) atoms. The number of nitrogens with one attached hydrogen (secondary N) is 1. The summed E-state index contributed by atoms with van der Waals surface area (Å²) in [5, 5.41) is 6.92. The van der Waals surface area contributed by atoms with E-state index in [0.29, 0.717) is 26.0 Å². The molecular formula is C20H27N3O3. The molecule has 1 aromatic heterocycles. The monoisotopic (exact) mass is 357 g/mol. The number of carbonyl (C=O) groups is 1. The third-order valence-corrected chi connectivity index (χ3v) is 4.78. The second-order valence-corrected chi connectivity index (χ2v) is 6.82. The van der Waals surface area contributed by atoms with Crippen LogP contribution in [0.3, 0.4) is 0 Å². The van der Waals surface area contributed by atoms with Gasteiger partial charge in [0.25, 0.3) is 0 Å². The molecule has 1 N–H and O–H groups in total.